The zero-order valence-electron chi connectivity index (χ0n) is 12.8. The fourth-order valence-electron chi connectivity index (χ4n) is 2.01. The highest BCUT2D eigenvalue weighted by molar-refractivity contribution is 7.14. The number of anilines is 1. The Kier molecular flexibility index (Phi) is 4.99. The van der Waals surface area contributed by atoms with E-state index in [1.165, 1.54) is 18.4 Å². The lowest BCUT2D eigenvalue weighted by Gasteiger charge is -2.07. The maximum absolute atomic E-state index is 11.5. The van der Waals surface area contributed by atoms with Crippen LogP contribution < -0.4 is 10.5 Å². The number of nitrogens with zero attached hydrogens (tertiary/aromatic N) is 2. The molecular formula is C15H19N3O3S. The number of aromatic carboxylic acids is 1. The molecule has 0 fully saturated rings. The summed E-state index contributed by atoms with van der Waals surface area (Å²) in [6.07, 6.45) is 0.712. The van der Waals surface area contributed by atoms with E-state index in [0.29, 0.717) is 29.1 Å². The molecule has 3 N–H and O–H groups in total. The summed E-state index contributed by atoms with van der Waals surface area (Å²) in [5.74, 6) is -0.415. The number of aromatic nitrogens is 1. The number of hydrogen-bond acceptors (Lipinski definition) is 6. The third kappa shape index (κ3) is 3.55. The number of hydrogen-bond donors (Lipinski definition) is 2. The fraction of sp³-hybridized carbons (Fsp3) is 0.333. The second-order valence-corrected chi connectivity index (χ2v) is 6.18. The second-order valence-electron chi connectivity index (χ2n) is 5.10. The minimum absolute atomic E-state index is 0.235. The van der Waals surface area contributed by atoms with Gasteiger partial charge < -0.3 is 20.5 Å². The minimum Gasteiger partial charge on any atom is -0.495 e. The molecule has 0 unspecified atom stereocenters. The highest BCUT2D eigenvalue weighted by atomic mass is 32.1. The van der Waals surface area contributed by atoms with Crippen molar-refractivity contribution in [3.8, 4) is 17.0 Å². The average Bonchev–Trinajstić information content (AvgIpc) is 2.89. The molecule has 1 aromatic heterocycles. The number of carboxylic acids is 1. The SMILES string of the molecule is COc1ccc(-c2nc(CCN(C)C)sc2C(=O)O)cc1N. The lowest BCUT2D eigenvalue weighted by atomic mass is 10.1. The number of likely N-dealkylation sites (N-methyl/N-ethyl adjacent to an activating group) is 1. The number of carbonyl (C=O) groups is 1. The maximum Gasteiger partial charge on any atom is 0.348 e. The van der Waals surface area contributed by atoms with Crippen molar-refractivity contribution in [2.24, 2.45) is 0 Å². The van der Waals surface area contributed by atoms with Crippen molar-refractivity contribution in [2.75, 3.05) is 33.5 Å². The summed E-state index contributed by atoms with van der Waals surface area (Å²) < 4.78 is 5.12. The molecular weight excluding hydrogens is 302 g/mol. The smallest absolute Gasteiger partial charge is 0.348 e. The predicted molar refractivity (Wildman–Crippen MR) is 87.7 cm³/mol. The van der Waals surface area contributed by atoms with Crippen LogP contribution in [-0.4, -0.2) is 48.7 Å². The van der Waals surface area contributed by atoms with Gasteiger partial charge in [-0.1, -0.05) is 0 Å². The molecule has 6 nitrogen and oxygen atoms in total. The topological polar surface area (TPSA) is 88.7 Å². The quantitative estimate of drug-likeness (QED) is 0.793. The number of nitrogens with two attached hydrogens (primary N) is 1. The maximum atomic E-state index is 11.5. The third-order valence-electron chi connectivity index (χ3n) is 3.14. The van der Waals surface area contributed by atoms with Crippen LogP contribution in [0.15, 0.2) is 18.2 Å². The molecule has 2 rings (SSSR count). The number of ether oxygens (including phenoxy) is 1. The van der Waals surface area contributed by atoms with Crippen LogP contribution in [0.2, 0.25) is 0 Å². The van der Waals surface area contributed by atoms with Gasteiger partial charge in [0.15, 0.2) is 0 Å². The Bertz CT molecular complexity index is 683. The van der Waals surface area contributed by atoms with E-state index in [1.54, 1.807) is 18.2 Å². The van der Waals surface area contributed by atoms with Crippen LogP contribution in [0.4, 0.5) is 5.69 Å². The van der Waals surface area contributed by atoms with E-state index in [9.17, 15) is 9.90 Å². The van der Waals surface area contributed by atoms with Gasteiger partial charge in [-0.15, -0.1) is 11.3 Å². The van der Waals surface area contributed by atoms with Gasteiger partial charge in [-0.2, -0.15) is 0 Å². The molecule has 0 bridgehead atoms. The first-order chi connectivity index (χ1) is 10.4. The zero-order chi connectivity index (χ0) is 16.3. The van der Waals surface area contributed by atoms with Gasteiger partial charge in [-0.3, -0.25) is 0 Å². The Hall–Kier alpha value is -2.12. The van der Waals surface area contributed by atoms with Crippen molar-refractivity contribution >= 4 is 23.0 Å². The molecule has 0 spiro atoms. The van der Waals surface area contributed by atoms with E-state index in [1.807, 2.05) is 19.0 Å². The molecule has 0 aliphatic heterocycles. The van der Waals surface area contributed by atoms with Gasteiger partial charge in [0.05, 0.1) is 23.5 Å². The molecule has 0 aliphatic carbocycles. The van der Waals surface area contributed by atoms with Crippen molar-refractivity contribution in [3.05, 3.63) is 28.1 Å². The number of benzene rings is 1. The van der Waals surface area contributed by atoms with Crippen LogP contribution in [0.5, 0.6) is 5.75 Å². The molecule has 1 heterocycles. The summed E-state index contributed by atoms with van der Waals surface area (Å²) >= 11 is 1.21. The highest BCUT2D eigenvalue weighted by Crippen LogP contribution is 2.32. The monoisotopic (exact) mass is 321 g/mol. The van der Waals surface area contributed by atoms with Crippen molar-refractivity contribution in [2.45, 2.75) is 6.42 Å². The van der Waals surface area contributed by atoms with E-state index in [0.717, 1.165) is 11.6 Å². The summed E-state index contributed by atoms with van der Waals surface area (Å²) in [5, 5.41) is 10.2. The standard InChI is InChI=1S/C15H19N3O3S/c1-18(2)7-6-12-17-13(14(22-12)15(19)20)9-4-5-11(21-3)10(16)8-9/h4-5,8H,6-7,16H2,1-3H3,(H,19,20). The molecule has 0 radical (unpaired) electrons. The summed E-state index contributed by atoms with van der Waals surface area (Å²) in [6, 6.07) is 5.18. The molecule has 1 aromatic carbocycles. The van der Waals surface area contributed by atoms with Crippen molar-refractivity contribution < 1.29 is 14.6 Å². The van der Waals surface area contributed by atoms with Crippen LogP contribution in [0.25, 0.3) is 11.3 Å². The summed E-state index contributed by atoms with van der Waals surface area (Å²) in [4.78, 5) is 18.2. The van der Waals surface area contributed by atoms with Gasteiger partial charge in [0.25, 0.3) is 0 Å². The number of carboxylic acid groups (broad SMARTS) is 1. The number of nitrogen functional groups attached to an aromatic ring is 1. The third-order valence-corrected chi connectivity index (χ3v) is 4.24. The van der Waals surface area contributed by atoms with E-state index >= 15 is 0 Å². The lowest BCUT2D eigenvalue weighted by Crippen LogP contribution is -2.14. The van der Waals surface area contributed by atoms with Crippen molar-refractivity contribution in [1.82, 2.24) is 9.88 Å². The van der Waals surface area contributed by atoms with Gasteiger partial charge in [0, 0.05) is 18.5 Å². The van der Waals surface area contributed by atoms with Crippen LogP contribution in [0, 0.1) is 0 Å². The zero-order valence-corrected chi connectivity index (χ0v) is 13.6. The predicted octanol–water partition coefficient (Wildman–Crippen LogP) is 2.20. The van der Waals surface area contributed by atoms with E-state index in [-0.39, 0.29) is 4.88 Å². The Morgan fingerprint density at radius 2 is 2.18 bits per heavy atom. The molecule has 0 saturated carbocycles. The molecule has 118 valence electrons. The normalized spacial score (nSPS) is 10.9. The van der Waals surface area contributed by atoms with E-state index in [2.05, 4.69) is 4.98 Å². The van der Waals surface area contributed by atoms with Gasteiger partial charge in [-0.25, -0.2) is 9.78 Å². The fourth-order valence-corrected chi connectivity index (χ4v) is 2.93. The molecule has 22 heavy (non-hydrogen) atoms. The Morgan fingerprint density at radius 3 is 2.73 bits per heavy atom. The van der Waals surface area contributed by atoms with Crippen LogP contribution in [0.3, 0.4) is 0 Å². The molecule has 7 heteroatoms. The minimum atomic E-state index is -0.974. The van der Waals surface area contributed by atoms with Gasteiger partial charge in [-0.05, 0) is 32.3 Å². The molecule has 0 amide bonds. The second kappa shape index (κ2) is 6.76. The van der Waals surface area contributed by atoms with Crippen LogP contribution in [0.1, 0.15) is 14.7 Å². The summed E-state index contributed by atoms with van der Waals surface area (Å²) in [7, 11) is 5.48. The largest absolute Gasteiger partial charge is 0.495 e. The van der Waals surface area contributed by atoms with Crippen molar-refractivity contribution in [1.29, 1.82) is 0 Å². The van der Waals surface area contributed by atoms with Gasteiger partial charge >= 0.3 is 5.97 Å². The summed E-state index contributed by atoms with van der Waals surface area (Å²) in [5.41, 5.74) is 7.50. The first-order valence-electron chi connectivity index (χ1n) is 6.74. The van der Waals surface area contributed by atoms with Crippen molar-refractivity contribution in [3.63, 3.8) is 0 Å². The van der Waals surface area contributed by atoms with E-state index in [4.69, 9.17) is 10.5 Å². The summed E-state index contributed by atoms with van der Waals surface area (Å²) in [6.45, 7) is 0.816. The Labute approximate surface area is 133 Å². The first kappa shape index (κ1) is 16.3. The van der Waals surface area contributed by atoms with E-state index < -0.39 is 5.97 Å². The van der Waals surface area contributed by atoms with Crippen LogP contribution >= 0.6 is 11.3 Å². The lowest BCUT2D eigenvalue weighted by molar-refractivity contribution is 0.0702. The first-order valence-corrected chi connectivity index (χ1v) is 7.55. The molecule has 2 aromatic rings. The number of rotatable bonds is 6. The molecule has 0 atom stereocenters. The average molecular weight is 321 g/mol. The Morgan fingerprint density at radius 1 is 1.45 bits per heavy atom. The number of thiazole rings is 1. The number of methoxy groups -OCH3 is 1. The molecule has 0 saturated heterocycles. The van der Waals surface area contributed by atoms with Crippen LogP contribution in [-0.2, 0) is 6.42 Å². The Balaban J connectivity index is 2.40. The molecule has 0 aliphatic rings. The highest BCUT2D eigenvalue weighted by Gasteiger charge is 2.19. The van der Waals surface area contributed by atoms with Gasteiger partial charge in [0.1, 0.15) is 10.6 Å². The van der Waals surface area contributed by atoms with Gasteiger partial charge in [0.2, 0.25) is 0 Å².